The van der Waals surface area contributed by atoms with Crippen molar-refractivity contribution in [3.8, 4) is 0 Å². The average Bonchev–Trinajstić information content (AvgIpc) is 2.45. The molecule has 3 N–H and O–H groups in total. The number of hydrogen-bond donors (Lipinski definition) is 2. The number of nitrogens with one attached hydrogen (secondary N) is 1. The van der Waals surface area contributed by atoms with Crippen LogP contribution in [0.1, 0.15) is 24.3 Å². The molecule has 20 heavy (non-hydrogen) atoms. The number of amidine groups is 1. The van der Waals surface area contributed by atoms with E-state index in [0.29, 0.717) is 6.04 Å². The third-order valence-corrected chi connectivity index (χ3v) is 4.23. The Morgan fingerprint density at radius 2 is 2.10 bits per heavy atom. The molecule has 0 aliphatic carbocycles. The predicted octanol–water partition coefficient (Wildman–Crippen LogP) is 1.73. The minimum atomic E-state index is 0.0112. The Morgan fingerprint density at radius 1 is 1.40 bits per heavy atom. The number of nitrogens with two attached hydrogens (primary N) is 1. The molecule has 110 valence electrons. The van der Waals surface area contributed by atoms with E-state index in [2.05, 4.69) is 36.0 Å². The lowest BCUT2D eigenvalue weighted by Crippen LogP contribution is -2.47. The van der Waals surface area contributed by atoms with Gasteiger partial charge in [0, 0.05) is 19.1 Å². The van der Waals surface area contributed by atoms with Crippen molar-refractivity contribution in [1.82, 2.24) is 9.80 Å². The van der Waals surface area contributed by atoms with Gasteiger partial charge in [-0.15, -0.1) is 0 Å². The van der Waals surface area contributed by atoms with Crippen LogP contribution in [0.25, 0.3) is 0 Å². The highest BCUT2D eigenvalue weighted by Gasteiger charge is 2.25. The molecular formula is C16H26N4. The first kappa shape index (κ1) is 15.0. The van der Waals surface area contributed by atoms with E-state index in [0.717, 1.165) is 25.2 Å². The van der Waals surface area contributed by atoms with Crippen LogP contribution in [0.3, 0.4) is 0 Å². The molecule has 0 aromatic heterocycles. The molecule has 1 aromatic carbocycles. The molecular weight excluding hydrogens is 248 g/mol. The molecule has 1 aromatic rings. The van der Waals surface area contributed by atoms with Crippen LogP contribution >= 0.6 is 0 Å². The number of piperidine rings is 1. The van der Waals surface area contributed by atoms with Gasteiger partial charge in [-0.25, -0.2) is 0 Å². The zero-order valence-corrected chi connectivity index (χ0v) is 12.5. The third-order valence-electron chi connectivity index (χ3n) is 4.23. The lowest BCUT2D eigenvalue weighted by atomic mass is 9.95. The van der Waals surface area contributed by atoms with E-state index < -0.39 is 0 Å². The second kappa shape index (κ2) is 6.86. The van der Waals surface area contributed by atoms with Crippen molar-refractivity contribution in [1.29, 1.82) is 5.41 Å². The van der Waals surface area contributed by atoms with Gasteiger partial charge in [0.2, 0.25) is 0 Å². The molecule has 0 spiro atoms. The molecule has 2 unspecified atom stereocenters. The number of likely N-dealkylation sites (N-methyl/N-ethyl adjacent to an activating group) is 1. The number of nitrogens with zero attached hydrogens (tertiary/aromatic N) is 2. The Morgan fingerprint density at radius 3 is 2.70 bits per heavy atom. The molecule has 0 bridgehead atoms. The van der Waals surface area contributed by atoms with Gasteiger partial charge >= 0.3 is 0 Å². The highest BCUT2D eigenvalue weighted by atomic mass is 15.2. The van der Waals surface area contributed by atoms with Gasteiger partial charge in [0.25, 0.3) is 0 Å². The standard InChI is InChI=1S/C16H26N4/c1-19(2)14-9-6-10-20(11-14)12-15(16(17)18)13-7-4-3-5-8-13/h3-5,7-8,14-15H,6,9-12H2,1-2H3,(H3,17,18). The fourth-order valence-electron chi connectivity index (χ4n) is 2.95. The summed E-state index contributed by atoms with van der Waals surface area (Å²) in [6, 6.07) is 10.8. The Labute approximate surface area is 122 Å². The van der Waals surface area contributed by atoms with Gasteiger partial charge in [-0.2, -0.15) is 0 Å². The zero-order valence-electron chi connectivity index (χ0n) is 12.5. The van der Waals surface area contributed by atoms with Gasteiger partial charge in [-0.1, -0.05) is 30.3 Å². The molecule has 1 fully saturated rings. The van der Waals surface area contributed by atoms with E-state index in [9.17, 15) is 0 Å². The molecule has 1 aliphatic rings. The minimum absolute atomic E-state index is 0.0112. The van der Waals surface area contributed by atoms with Crippen molar-refractivity contribution in [2.45, 2.75) is 24.8 Å². The summed E-state index contributed by atoms with van der Waals surface area (Å²) in [5.74, 6) is 0.278. The van der Waals surface area contributed by atoms with E-state index in [1.165, 1.54) is 12.8 Å². The molecule has 4 nitrogen and oxygen atoms in total. The zero-order chi connectivity index (χ0) is 14.5. The van der Waals surface area contributed by atoms with E-state index in [1.54, 1.807) is 0 Å². The summed E-state index contributed by atoms with van der Waals surface area (Å²) in [6.07, 6.45) is 2.49. The van der Waals surface area contributed by atoms with Crippen LogP contribution < -0.4 is 5.73 Å². The quantitative estimate of drug-likeness (QED) is 0.635. The third kappa shape index (κ3) is 3.81. The summed E-state index contributed by atoms with van der Waals surface area (Å²) in [7, 11) is 4.29. The molecule has 1 heterocycles. The fraction of sp³-hybridized carbons (Fsp3) is 0.562. The van der Waals surface area contributed by atoms with Crippen molar-refractivity contribution < 1.29 is 0 Å². The maximum Gasteiger partial charge on any atom is 0.0995 e. The predicted molar refractivity (Wildman–Crippen MR) is 84.2 cm³/mol. The van der Waals surface area contributed by atoms with Crippen LogP contribution in [-0.4, -0.2) is 55.4 Å². The van der Waals surface area contributed by atoms with Gasteiger partial charge in [-0.3, -0.25) is 5.41 Å². The van der Waals surface area contributed by atoms with Crippen molar-refractivity contribution in [2.24, 2.45) is 5.73 Å². The first-order valence-corrected chi connectivity index (χ1v) is 7.35. The van der Waals surface area contributed by atoms with Crippen molar-refractivity contribution in [3.63, 3.8) is 0 Å². The second-order valence-corrected chi connectivity index (χ2v) is 5.94. The largest absolute Gasteiger partial charge is 0.387 e. The average molecular weight is 274 g/mol. The minimum Gasteiger partial charge on any atom is -0.387 e. The van der Waals surface area contributed by atoms with Crippen LogP contribution in [0.2, 0.25) is 0 Å². The highest BCUT2D eigenvalue weighted by molar-refractivity contribution is 5.84. The lowest BCUT2D eigenvalue weighted by Gasteiger charge is -2.37. The monoisotopic (exact) mass is 274 g/mol. The van der Waals surface area contributed by atoms with E-state index in [-0.39, 0.29) is 11.8 Å². The highest BCUT2D eigenvalue weighted by Crippen LogP contribution is 2.20. The van der Waals surface area contributed by atoms with Crippen molar-refractivity contribution in [2.75, 3.05) is 33.7 Å². The summed E-state index contributed by atoms with van der Waals surface area (Å²) in [5.41, 5.74) is 6.97. The molecule has 4 heteroatoms. The first-order chi connectivity index (χ1) is 9.58. The summed E-state index contributed by atoms with van der Waals surface area (Å²) in [5, 5.41) is 7.88. The SMILES string of the molecule is CN(C)C1CCCN(CC(C(=N)N)c2ccccc2)C1. The fourth-order valence-corrected chi connectivity index (χ4v) is 2.95. The van der Waals surface area contributed by atoms with Crippen LogP contribution in [0.4, 0.5) is 0 Å². The molecule has 2 atom stereocenters. The van der Waals surface area contributed by atoms with Gasteiger partial charge in [0.15, 0.2) is 0 Å². The Hall–Kier alpha value is -1.39. The molecule has 1 aliphatic heterocycles. The van der Waals surface area contributed by atoms with Crippen LogP contribution in [0.15, 0.2) is 30.3 Å². The number of rotatable bonds is 5. The maximum absolute atomic E-state index is 7.88. The summed E-state index contributed by atoms with van der Waals surface area (Å²) in [6.45, 7) is 3.04. The van der Waals surface area contributed by atoms with Gasteiger partial charge in [0.05, 0.1) is 11.8 Å². The molecule has 0 radical (unpaired) electrons. The van der Waals surface area contributed by atoms with E-state index in [1.807, 2.05) is 18.2 Å². The Kier molecular flexibility index (Phi) is 5.15. The lowest BCUT2D eigenvalue weighted by molar-refractivity contribution is 0.132. The van der Waals surface area contributed by atoms with Gasteiger partial charge in [-0.05, 0) is 39.0 Å². The number of benzene rings is 1. The Bertz CT molecular complexity index is 429. The number of likely N-dealkylation sites (tertiary alicyclic amines) is 1. The first-order valence-electron chi connectivity index (χ1n) is 7.35. The van der Waals surface area contributed by atoms with E-state index in [4.69, 9.17) is 11.1 Å². The van der Waals surface area contributed by atoms with Crippen molar-refractivity contribution in [3.05, 3.63) is 35.9 Å². The second-order valence-electron chi connectivity index (χ2n) is 5.94. The molecule has 1 saturated heterocycles. The summed E-state index contributed by atoms with van der Waals surface area (Å²) >= 11 is 0. The topological polar surface area (TPSA) is 56.4 Å². The van der Waals surface area contributed by atoms with Crippen LogP contribution in [0.5, 0.6) is 0 Å². The normalized spacial score (nSPS) is 21.9. The van der Waals surface area contributed by atoms with Gasteiger partial charge < -0.3 is 15.5 Å². The van der Waals surface area contributed by atoms with Crippen molar-refractivity contribution >= 4 is 5.84 Å². The summed E-state index contributed by atoms with van der Waals surface area (Å²) < 4.78 is 0. The van der Waals surface area contributed by atoms with Crippen LogP contribution in [-0.2, 0) is 0 Å². The van der Waals surface area contributed by atoms with Crippen LogP contribution in [0, 0.1) is 5.41 Å². The number of hydrogen-bond acceptors (Lipinski definition) is 3. The smallest absolute Gasteiger partial charge is 0.0995 e. The van der Waals surface area contributed by atoms with E-state index >= 15 is 0 Å². The molecule has 0 amide bonds. The maximum atomic E-state index is 7.88. The molecule has 2 rings (SSSR count). The molecule has 0 saturated carbocycles. The van der Waals surface area contributed by atoms with Gasteiger partial charge in [0.1, 0.15) is 0 Å². The summed E-state index contributed by atoms with van der Waals surface area (Å²) in [4.78, 5) is 4.75. The Balaban J connectivity index is 2.03.